The Hall–Kier alpha value is -0.370. The third kappa shape index (κ3) is 5.81. The molecule has 0 aromatic carbocycles. The Balaban J connectivity index is 3.50. The van der Waals surface area contributed by atoms with E-state index in [0.717, 1.165) is 6.42 Å². The number of Topliss-reactive ketones (excluding diaryl/α,β-unsaturated/α-hetero) is 1. The van der Waals surface area contributed by atoms with Gasteiger partial charge in [0.05, 0.1) is 0 Å². The summed E-state index contributed by atoms with van der Waals surface area (Å²) in [5.74, 6) is 0.290. The number of carbonyl (C=O) groups excluding carboxylic acids is 1. The van der Waals surface area contributed by atoms with Crippen molar-refractivity contribution in [1.82, 2.24) is 0 Å². The Kier molecular flexibility index (Phi) is 6.87. The Bertz CT molecular complexity index is 141. The fraction of sp³-hybridized carbons (Fsp3) is 0.909. The number of carbonyl (C=O) groups is 1. The van der Waals surface area contributed by atoms with Crippen molar-refractivity contribution in [1.29, 1.82) is 0 Å². The van der Waals surface area contributed by atoms with Crippen molar-refractivity contribution in [2.24, 2.45) is 5.92 Å². The minimum atomic E-state index is -0.225. The minimum absolute atomic E-state index is 0.0844. The number of ether oxygens (including phenoxy) is 1. The Morgan fingerprint density at radius 1 is 1.23 bits per heavy atom. The van der Waals surface area contributed by atoms with E-state index in [2.05, 4.69) is 6.92 Å². The summed E-state index contributed by atoms with van der Waals surface area (Å²) in [5, 5.41) is 0. The molecule has 1 atom stereocenters. The minimum Gasteiger partial charge on any atom is -0.371 e. The second-order valence-corrected chi connectivity index (χ2v) is 3.78. The van der Waals surface area contributed by atoms with Crippen LogP contribution in [0.25, 0.3) is 0 Å². The van der Waals surface area contributed by atoms with Gasteiger partial charge in [-0.05, 0) is 13.3 Å². The molecular formula is C11H22O2. The monoisotopic (exact) mass is 186 g/mol. The van der Waals surface area contributed by atoms with Gasteiger partial charge < -0.3 is 4.74 Å². The van der Waals surface area contributed by atoms with Gasteiger partial charge in [-0.2, -0.15) is 0 Å². The first kappa shape index (κ1) is 12.6. The van der Waals surface area contributed by atoms with Crippen LogP contribution in [0.3, 0.4) is 0 Å². The zero-order chi connectivity index (χ0) is 10.3. The van der Waals surface area contributed by atoms with E-state index >= 15 is 0 Å². The van der Waals surface area contributed by atoms with Crippen molar-refractivity contribution in [2.75, 3.05) is 6.61 Å². The molecule has 0 aliphatic carbocycles. The van der Waals surface area contributed by atoms with Crippen LogP contribution in [0.5, 0.6) is 0 Å². The fourth-order valence-electron chi connectivity index (χ4n) is 1.16. The van der Waals surface area contributed by atoms with Gasteiger partial charge in [-0.15, -0.1) is 0 Å². The van der Waals surface area contributed by atoms with E-state index in [9.17, 15) is 4.79 Å². The highest BCUT2D eigenvalue weighted by Crippen LogP contribution is 2.04. The molecule has 0 radical (unpaired) electrons. The highest BCUT2D eigenvalue weighted by atomic mass is 16.5. The third-order valence-corrected chi connectivity index (χ3v) is 2.09. The molecule has 0 rings (SSSR count). The van der Waals surface area contributed by atoms with Crippen LogP contribution in [0, 0.1) is 5.92 Å². The van der Waals surface area contributed by atoms with Crippen LogP contribution in [0.1, 0.15) is 47.0 Å². The van der Waals surface area contributed by atoms with Crippen molar-refractivity contribution in [2.45, 2.75) is 53.1 Å². The first-order chi connectivity index (χ1) is 6.09. The predicted molar refractivity (Wildman–Crippen MR) is 54.8 cm³/mol. The number of ketones is 1. The molecule has 0 aliphatic rings. The maximum atomic E-state index is 11.4. The lowest BCUT2D eigenvalue weighted by Crippen LogP contribution is -2.25. The fourth-order valence-corrected chi connectivity index (χ4v) is 1.16. The lowest BCUT2D eigenvalue weighted by molar-refractivity contribution is -0.132. The van der Waals surface area contributed by atoms with Crippen LogP contribution in [0.15, 0.2) is 0 Å². The molecule has 0 amide bonds. The van der Waals surface area contributed by atoms with Crippen molar-refractivity contribution >= 4 is 5.78 Å². The molecule has 0 saturated carbocycles. The number of unbranched alkanes of at least 4 members (excludes halogenated alkanes) is 2. The van der Waals surface area contributed by atoms with Crippen molar-refractivity contribution in [3.05, 3.63) is 0 Å². The van der Waals surface area contributed by atoms with Crippen LogP contribution in [-0.4, -0.2) is 18.5 Å². The van der Waals surface area contributed by atoms with Gasteiger partial charge in [0.2, 0.25) is 0 Å². The van der Waals surface area contributed by atoms with E-state index in [4.69, 9.17) is 4.74 Å². The molecule has 0 heterocycles. The van der Waals surface area contributed by atoms with Crippen molar-refractivity contribution in [3.63, 3.8) is 0 Å². The van der Waals surface area contributed by atoms with Crippen molar-refractivity contribution < 1.29 is 9.53 Å². The van der Waals surface area contributed by atoms with E-state index < -0.39 is 0 Å². The maximum absolute atomic E-state index is 11.4. The van der Waals surface area contributed by atoms with Gasteiger partial charge in [0, 0.05) is 12.5 Å². The smallest absolute Gasteiger partial charge is 0.163 e. The zero-order valence-corrected chi connectivity index (χ0v) is 9.30. The standard InChI is InChI=1S/C11H22O2/c1-5-6-7-8-13-10(4)11(12)9(2)3/h9-10H,5-8H2,1-4H3/t10-/m1/s1. The van der Waals surface area contributed by atoms with Gasteiger partial charge in [0.1, 0.15) is 6.10 Å². The summed E-state index contributed by atoms with van der Waals surface area (Å²) < 4.78 is 5.42. The summed E-state index contributed by atoms with van der Waals surface area (Å²) in [7, 11) is 0. The van der Waals surface area contributed by atoms with Crippen LogP contribution >= 0.6 is 0 Å². The van der Waals surface area contributed by atoms with Crippen LogP contribution in [-0.2, 0) is 9.53 Å². The van der Waals surface area contributed by atoms with E-state index in [-0.39, 0.29) is 17.8 Å². The molecular weight excluding hydrogens is 164 g/mol. The average Bonchev–Trinajstić information content (AvgIpc) is 2.10. The number of hydrogen-bond donors (Lipinski definition) is 0. The highest BCUT2D eigenvalue weighted by molar-refractivity contribution is 5.84. The molecule has 0 saturated heterocycles. The molecule has 0 unspecified atom stereocenters. The maximum Gasteiger partial charge on any atom is 0.163 e. The summed E-state index contributed by atoms with van der Waals surface area (Å²) in [6.45, 7) is 8.53. The van der Waals surface area contributed by atoms with Gasteiger partial charge in [-0.25, -0.2) is 0 Å². The summed E-state index contributed by atoms with van der Waals surface area (Å²) in [5.41, 5.74) is 0. The molecule has 13 heavy (non-hydrogen) atoms. The average molecular weight is 186 g/mol. The summed E-state index contributed by atoms with van der Waals surface area (Å²) in [4.78, 5) is 11.4. The van der Waals surface area contributed by atoms with Gasteiger partial charge in [0.25, 0.3) is 0 Å². The quantitative estimate of drug-likeness (QED) is 0.571. The van der Waals surface area contributed by atoms with E-state index in [1.807, 2.05) is 20.8 Å². The lowest BCUT2D eigenvalue weighted by Gasteiger charge is -2.13. The van der Waals surface area contributed by atoms with E-state index in [1.165, 1.54) is 12.8 Å². The topological polar surface area (TPSA) is 26.3 Å². The highest BCUT2D eigenvalue weighted by Gasteiger charge is 2.16. The van der Waals surface area contributed by atoms with Gasteiger partial charge in [-0.3, -0.25) is 4.79 Å². The summed E-state index contributed by atoms with van der Waals surface area (Å²) in [6, 6.07) is 0. The second kappa shape index (κ2) is 7.07. The summed E-state index contributed by atoms with van der Waals surface area (Å²) >= 11 is 0. The Morgan fingerprint density at radius 3 is 2.31 bits per heavy atom. The SMILES string of the molecule is CCCCCO[C@H](C)C(=O)C(C)C. The molecule has 0 aromatic heterocycles. The van der Waals surface area contributed by atoms with E-state index in [0.29, 0.717) is 6.61 Å². The molecule has 0 bridgehead atoms. The van der Waals surface area contributed by atoms with E-state index in [1.54, 1.807) is 0 Å². The molecule has 0 aromatic rings. The number of hydrogen-bond acceptors (Lipinski definition) is 2. The molecule has 78 valence electrons. The first-order valence-corrected chi connectivity index (χ1v) is 5.25. The molecule has 0 aliphatic heterocycles. The number of rotatable bonds is 7. The first-order valence-electron chi connectivity index (χ1n) is 5.25. The summed E-state index contributed by atoms with van der Waals surface area (Å²) in [6.07, 6.45) is 3.21. The molecule has 2 heteroatoms. The predicted octanol–water partition coefficient (Wildman–Crippen LogP) is 2.81. The van der Waals surface area contributed by atoms with Gasteiger partial charge in [-0.1, -0.05) is 33.6 Å². The lowest BCUT2D eigenvalue weighted by atomic mass is 10.1. The Morgan fingerprint density at radius 2 is 1.85 bits per heavy atom. The molecule has 0 spiro atoms. The normalized spacial score (nSPS) is 13.3. The second-order valence-electron chi connectivity index (χ2n) is 3.78. The molecule has 0 fully saturated rings. The van der Waals surface area contributed by atoms with Gasteiger partial charge in [0.15, 0.2) is 5.78 Å². The third-order valence-electron chi connectivity index (χ3n) is 2.09. The van der Waals surface area contributed by atoms with Crippen LogP contribution in [0.2, 0.25) is 0 Å². The molecule has 2 nitrogen and oxygen atoms in total. The Labute approximate surface area is 81.7 Å². The van der Waals surface area contributed by atoms with Gasteiger partial charge >= 0.3 is 0 Å². The van der Waals surface area contributed by atoms with Crippen LogP contribution in [0.4, 0.5) is 0 Å². The zero-order valence-electron chi connectivity index (χ0n) is 9.30. The van der Waals surface area contributed by atoms with Crippen molar-refractivity contribution in [3.8, 4) is 0 Å². The van der Waals surface area contributed by atoms with Crippen LogP contribution < -0.4 is 0 Å². The largest absolute Gasteiger partial charge is 0.371 e. The molecule has 0 N–H and O–H groups in total.